The van der Waals surface area contributed by atoms with Crippen molar-refractivity contribution in [3.63, 3.8) is 0 Å². The molecule has 2 aromatic rings. The van der Waals surface area contributed by atoms with Crippen molar-refractivity contribution in [3.8, 4) is 0 Å². The molecule has 126 valence electrons. The van der Waals surface area contributed by atoms with Crippen molar-refractivity contribution in [2.45, 2.75) is 27.2 Å². The number of fused-ring (bicyclic) bond motifs is 1. The minimum absolute atomic E-state index is 0.180. The maximum Gasteiger partial charge on any atom is 0.322 e. The van der Waals surface area contributed by atoms with Crippen LogP contribution in [0.3, 0.4) is 0 Å². The summed E-state index contributed by atoms with van der Waals surface area (Å²) < 4.78 is 15.4. The van der Waals surface area contributed by atoms with Gasteiger partial charge in [0.15, 0.2) is 5.82 Å². The summed E-state index contributed by atoms with van der Waals surface area (Å²) in [5.41, 5.74) is 1.24. The number of aromatic nitrogens is 2. The van der Waals surface area contributed by atoms with E-state index in [9.17, 15) is 14.0 Å². The lowest BCUT2D eigenvalue weighted by atomic mass is 10.1. The van der Waals surface area contributed by atoms with E-state index in [1.54, 1.807) is 24.7 Å². The molecule has 0 unspecified atom stereocenters. The van der Waals surface area contributed by atoms with Crippen molar-refractivity contribution in [2.24, 2.45) is 7.05 Å². The van der Waals surface area contributed by atoms with Gasteiger partial charge in [0, 0.05) is 32.4 Å². The number of nitrogens with one attached hydrogen (secondary N) is 1. The molecule has 7 heteroatoms. The van der Waals surface area contributed by atoms with Gasteiger partial charge >= 0.3 is 6.03 Å². The lowest BCUT2D eigenvalue weighted by Crippen LogP contribution is -2.39. The van der Waals surface area contributed by atoms with Gasteiger partial charge < -0.3 is 10.1 Å². The molecule has 0 aliphatic carbocycles. The van der Waals surface area contributed by atoms with Crippen LogP contribution in [0, 0.1) is 12.7 Å². The Balaban J connectivity index is 0.00000127. The van der Waals surface area contributed by atoms with Crippen molar-refractivity contribution in [3.05, 3.63) is 23.5 Å². The van der Waals surface area contributed by atoms with Crippen molar-refractivity contribution >= 4 is 29.0 Å². The molecule has 1 aromatic heterocycles. The van der Waals surface area contributed by atoms with Gasteiger partial charge in [-0.05, 0) is 24.6 Å². The molecule has 1 aromatic carbocycles. The predicted molar refractivity (Wildman–Crippen MR) is 89.2 cm³/mol. The van der Waals surface area contributed by atoms with Gasteiger partial charge in [0.2, 0.25) is 0 Å². The van der Waals surface area contributed by atoms with E-state index in [0.29, 0.717) is 16.8 Å². The first kappa shape index (κ1) is 18.6. The summed E-state index contributed by atoms with van der Waals surface area (Å²) in [4.78, 5) is 23.9. The molecule has 2 rings (SSSR count). The van der Waals surface area contributed by atoms with E-state index in [2.05, 4.69) is 10.4 Å². The van der Waals surface area contributed by atoms with Gasteiger partial charge in [0.1, 0.15) is 12.1 Å². The number of hydrogen-bond donors (Lipinski definition) is 1. The summed E-state index contributed by atoms with van der Waals surface area (Å²) in [5.74, 6) is -0.0170. The van der Waals surface area contributed by atoms with Crippen molar-refractivity contribution in [1.29, 1.82) is 0 Å². The van der Waals surface area contributed by atoms with E-state index >= 15 is 0 Å². The molecule has 0 atom stereocenters. The zero-order chi connectivity index (χ0) is 17.6. The van der Waals surface area contributed by atoms with Gasteiger partial charge in [-0.1, -0.05) is 13.8 Å². The van der Waals surface area contributed by atoms with E-state index in [1.165, 1.54) is 18.0 Å². The second kappa shape index (κ2) is 8.26. The maximum absolute atomic E-state index is 13.8. The average Bonchev–Trinajstić information content (AvgIpc) is 2.86. The summed E-state index contributed by atoms with van der Waals surface area (Å²) >= 11 is 0. The fourth-order valence-corrected chi connectivity index (χ4v) is 2.18. The Labute approximate surface area is 135 Å². The van der Waals surface area contributed by atoms with Crippen LogP contribution in [0.5, 0.6) is 0 Å². The standard InChI is InChI=1S/C14H17FN4O2.C2H6/c1-9-7-12-10(8-11(9)15)13(17-18(12)3)19(5-4-6-20)14(21)16-2;1-2/h6-8H,4-5H2,1-3H3,(H,16,21);1-2H3. The van der Waals surface area contributed by atoms with E-state index in [0.717, 1.165) is 11.8 Å². The predicted octanol–water partition coefficient (Wildman–Crippen LogP) is 2.78. The fourth-order valence-electron chi connectivity index (χ4n) is 2.18. The first-order chi connectivity index (χ1) is 11.0. The second-order valence-corrected chi connectivity index (χ2v) is 4.73. The molecule has 0 radical (unpaired) electrons. The van der Waals surface area contributed by atoms with Crippen LogP contribution in [0.4, 0.5) is 15.0 Å². The van der Waals surface area contributed by atoms with Gasteiger partial charge in [0.25, 0.3) is 0 Å². The number of urea groups is 1. The summed E-state index contributed by atoms with van der Waals surface area (Å²) in [6, 6.07) is 2.66. The third-order valence-electron chi connectivity index (χ3n) is 3.30. The molecule has 0 bridgehead atoms. The molecule has 0 saturated carbocycles. The SMILES string of the molecule is CC.CNC(=O)N(CCC=O)c1nn(C)c2cc(C)c(F)cc12. The molecule has 0 fully saturated rings. The molecule has 6 nitrogen and oxygen atoms in total. The topological polar surface area (TPSA) is 67.2 Å². The molecule has 1 heterocycles. The molecule has 23 heavy (non-hydrogen) atoms. The fraction of sp³-hybridized carbons (Fsp3) is 0.438. The van der Waals surface area contributed by atoms with Crippen molar-refractivity contribution in [1.82, 2.24) is 15.1 Å². The molecule has 0 aliphatic heterocycles. The van der Waals surface area contributed by atoms with Crippen molar-refractivity contribution < 1.29 is 14.0 Å². The van der Waals surface area contributed by atoms with E-state index in [1.807, 2.05) is 13.8 Å². The molecule has 0 spiro atoms. The van der Waals surface area contributed by atoms with E-state index in [4.69, 9.17) is 0 Å². The number of rotatable bonds is 4. The number of hydrogen-bond acceptors (Lipinski definition) is 3. The Bertz CT molecular complexity index is 697. The van der Waals surface area contributed by atoms with Crippen LogP contribution < -0.4 is 10.2 Å². The van der Waals surface area contributed by atoms with Crippen LogP contribution in [-0.2, 0) is 11.8 Å². The number of carbonyl (C=O) groups excluding carboxylic acids is 2. The Morgan fingerprint density at radius 1 is 1.43 bits per heavy atom. The highest BCUT2D eigenvalue weighted by atomic mass is 19.1. The van der Waals surface area contributed by atoms with Gasteiger partial charge in [0.05, 0.1) is 5.52 Å². The van der Waals surface area contributed by atoms with Crippen LogP contribution in [0.1, 0.15) is 25.8 Å². The number of halogens is 1. The molecule has 1 N–H and O–H groups in total. The van der Waals surface area contributed by atoms with Gasteiger partial charge in [-0.3, -0.25) is 9.58 Å². The van der Waals surface area contributed by atoms with Crippen molar-refractivity contribution in [2.75, 3.05) is 18.5 Å². The summed E-state index contributed by atoms with van der Waals surface area (Å²) in [7, 11) is 3.22. The highest BCUT2D eigenvalue weighted by Gasteiger charge is 2.21. The van der Waals surface area contributed by atoms with Crippen LogP contribution in [0.25, 0.3) is 10.9 Å². The molecular weight excluding hydrogens is 299 g/mol. The lowest BCUT2D eigenvalue weighted by Gasteiger charge is -2.19. The third kappa shape index (κ3) is 3.85. The average molecular weight is 322 g/mol. The van der Waals surface area contributed by atoms with Crippen LogP contribution in [0.2, 0.25) is 0 Å². The Hall–Kier alpha value is -2.44. The molecule has 0 aliphatic rings. The highest BCUT2D eigenvalue weighted by Crippen LogP contribution is 2.28. The summed E-state index contributed by atoms with van der Waals surface area (Å²) in [6.45, 7) is 5.86. The third-order valence-corrected chi connectivity index (χ3v) is 3.30. The van der Waals surface area contributed by atoms with Crippen LogP contribution in [0.15, 0.2) is 12.1 Å². The Kier molecular flexibility index (Phi) is 6.68. The first-order valence-corrected chi connectivity index (χ1v) is 7.55. The molecular formula is C16H23FN4O2. The van der Waals surface area contributed by atoms with Gasteiger partial charge in [-0.25, -0.2) is 9.18 Å². The number of amides is 2. The Morgan fingerprint density at radius 2 is 2.09 bits per heavy atom. The largest absolute Gasteiger partial charge is 0.341 e. The first-order valence-electron chi connectivity index (χ1n) is 7.55. The maximum atomic E-state index is 13.8. The number of carbonyl (C=O) groups is 2. The number of nitrogens with zero attached hydrogens (tertiary/aromatic N) is 3. The number of benzene rings is 1. The Morgan fingerprint density at radius 3 is 2.65 bits per heavy atom. The van der Waals surface area contributed by atoms with E-state index in [-0.39, 0.29) is 18.8 Å². The van der Waals surface area contributed by atoms with Gasteiger partial charge in [-0.15, -0.1) is 0 Å². The van der Waals surface area contributed by atoms with Crippen LogP contribution >= 0.6 is 0 Å². The molecule has 2 amide bonds. The normalized spacial score (nSPS) is 10.0. The van der Waals surface area contributed by atoms with Crippen LogP contribution in [-0.4, -0.2) is 35.7 Å². The zero-order valence-corrected chi connectivity index (χ0v) is 14.2. The minimum atomic E-state index is -0.391. The number of aldehydes is 1. The summed E-state index contributed by atoms with van der Waals surface area (Å²) in [5, 5.41) is 7.33. The minimum Gasteiger partial charge on any atom is -0.341 e. The second-order valence-electron chi connectivity index (χ2n) is 4.73. The smallest absolute Gasteiger partial charge is 0.322 e. The van der Waals surface area contributed by atoms with Gasteiger partial charge in [-0.2, -0.15) is 5.10 Å². The molecule has 0 saturated heterocycles. The lowest BCUT2D eigenvalue weighted by molar-refractivity contribution is -0.107. The number of anilines is 1. The van der Waals surface area contributed by atoms with E-state index < -0.39 is 6.03 Å². The summed E-state index contributed by atoms with van der Waals surface area (Å²) in [6.07, 6.45) is 0.908. The number of aryl methyl sites for hydroxylation is 2. The zero-order valence-electron chi connectivity index (χ0n) is 14.2. The highest BCUT2D eigenvalue weighted by molar-refractivity contribution is 6.01. The quantitative estimate of drug-likeness (QED) is 0.880. The monoisotopic (exact) mass is 322 g/mol.